The minimum atomic E-state index is 0. The molecule has 0 unspecified atom stereocenters. The fourth-order valence-corrected chi connectivity index (χ4v) is 2.70. The Morgan fingerprint density at radius 2 is 1.63 bits per heavy atom. The monoisotopic (exact) mass is 273 g/mol. The summed E-state index contributed by atoms with van der Waals surface area (Å²) >= 11 is 0. The highest BCUT2D eigenvalue weighted by Gasteiger charge is 2.14. The van der Waals surface area contributed by atoms with Gasteiger partial charge >= 0.3 is 0 Å². The van der Waals surface area contributed by atoms with Gasteiger partial charge in [-0.15, -0.1) is 12.4 Å². The van der Waals surface area contributed by atoms with Crippen molar-refractivity contribution in [3.63, 3.8) is 0 Å². The van der Waals surface area contributed by atoms with E-state index < -0.39 is 0 Å². The second-order valence-corrected chi connectivity index (χ2v) is 4.99. The maximum Gasteiger partial charge on any atom is 0.0320 e. The first-order valence-electron chi connectivity index (χ1n) is 6.82. The summed E-state index contributed by atoms with van der Waals surface area (Å²) in [6.07, 6.45) is 3.92. The second kappa shape index (κ2) is 6.74. The summed E-state index contributed by atoms with van der Waals surface area (Å²) < 4.78 is 0. The Morgan fingerprint density at radius 3 is 2.37 bits per heavy atom. The third-order valence-electron chi connectivity index (χ3n) is 3.71. The maximum absolute atomic E-state index is 3.61. The number of hydrogen-bond donors (Lipinski definition) is 1. The van der Waals surface area contributed by atoms with Gasteiger partial charge in [-0.05, 0) is 42.1 Å². The summed E-state index contributed by atoms with van der Waals surface area (Å²) in [6, 6.07) is 20.1. The van der Waals surface area contributed by atoms with E-state index in [-0.39, 0.29) is 12.4 Å². The number of rotatable bonds is 2. The van der Waals surface area contributed by atoms with Crippen molar-refractivity contribution in [1.29, 1.82) is 0 Å². The first-order valence-corrected chi connectivity index (χ1v) is 6.82. The van der Waals surface area contributed by atoms with Gasteiger partial charge in [-0.2, -0.15) is 0 Å². The summed E-state index contributed by atoms with van der Waals surface area (Å²) in [6.45, 7) is 1.15. The Morgan fingerprint density at radius 1 is 0.842 bits per heavy atom. The van der Waals surface area contributed by atoms with Gasteiger partial charge in [0.1, 0.15) is 0 Å². The minimum Gasteiger partial charge on any atom is -0.310 e. The van der Waals surface area contributed by atoms with Crippen LogP contribution in [0.5, 0.6) is 0 Å². The van der Waals surface area contributed by atoms with Crippen molar-refractivity contribution in [3.05, 3.63) is 60.2 Å². The molecule has 0 spiro atoms. The molecule has 2 aromatic carbocycles. The summed E-state index contributed by atoms with van der Waals surface area (Å²) in [5.74, 6) is 0. The molecule has 0 radical (unpaired) electrons. The molecule has 1 heterocycles. The quantitative estimate of drug-likeness (QED) is 0.844. The molecule has 0 amide bonds. The average molecular weight is 274 g/mol. The van der Waals surface area contributed by atoms with Crippen molar-refractivity contribution in [3.8, 4) is 11.1 Å². The number of benzene rings is 2. The van der Waals surface area contributed by atoms with E-state index in [1.807, 2.05) is 0 Å². The van der Waals surface area contributed by atoms with Gasteiger partial charge in [-0.1, -0.05) is 55.0 Å². The van der Waals surface area contributed by atoms with Gasteiger partial charge in [0.15, 0.2) is 0 Å². The number of nitrogens with one attached hydrogen (secondary N) is 1. The molecule has 2 aromatic rings. The SMILES string of the molecule is Cl.c1ccc(-c2cccc([C@H]3CCCCN3)c2)cc1. The fraction of sp³-hybridized carbons (Fsp3) is 0.294. The number of halogens is 1. The van der Waals surface area contributed by atoms with Gasteiger partial charge in [0, 0.05) is 6.04 Å². The highest BCUT2D eigenvalue weighted by Crippen LogP contribution is 2.27. The molecule has 3 rings (SSSR count). The Labute approximate surface area is 121 Å². The van der Waals surface area contributed by atoms with E-state index in [1.165, 1.54) is 36.0 Å². The van der Waals surface area contributed by atoms with Crippen LogP contribution in [0.1, 0.15) is 30.9 Å². The number of hydrogen-bond acceptors (Lipinski definition) is 1. The van der Waals surface area contributed by atoms with Crippen LogP contribution in [0.4, 0.5) is 0 Å². The van der Waals surface area contributed by atoms with Crippen LogP contribution in [-0.2, 0) is 0 Å². The van der Waals surface area contributed by atoms with Crippen molar-refractivity contribution in [2.75, 3.05) is 6.54 Å². The molecule has 1 aliphatic rings. The molecule has 1 fully saturated rings. The molecule has 0 bridgehead atoms. The zero-order chi connectivity index (χ0) is 12.2. The molecular weight excluding hydrogens is 254 g/mol. The topological polar surface area (TPSA) is 12.0 Å². The lowest BCUT2D eigenvalue weighted by molar-refractivity contribution is 0.412. The van der Waals surface area contributed by atoms with E-state index in [0.29, 0.717) is 6.04 Å². The van der Waals surface area contributed by atoms with Gasteiger partial charge in [0.05, 0.1) is 0 Å². The lowest BCUT2D eigenvalue weighted by Gasteiger charge is -2.24. The van der Waals surface area contributed by atoms with E-state index in [2.05, 4.69) is 59.9 Å². The number of piperidine rings is 1. The van der Waals surface area contributed by atoms with E-state index in [9.17, 15) is 0 Å². The molecule has 1 aliphatic heterocycles. The molecule has 0 aromatic heterocycles. The van der Waals surface area contributed by atoms with Crippen LogP contribution in [0.25, 0.3) is 11.1 Å². The van der Waals surface area contributed by atoms with Crippen LogP contribution in [-0.4, -0.2) is 6.54 Å². The largest absolute Gasteiger partial charge is 0.310 e. The highest BCUT2D eigenvalue weighted by molar-refractivity contribution is 5.85. The molecule has 19 heavy (non-hydrogen) atoms. The van der Waals surface area contributed by atoms with Crippen molar-refractivity contribution >= 4 is 12.4 Å². The zero-order valence-corrected chi connectivity index (χ0v) is 11.8. The Hall–Kier alpha value is -1.31. The van der Waals surface area contributed by atoms with Gasteiger partial charge in [-0.25, -0.2) is 0 Å². The van der Waals surface area contributed by atoms with Gasteiger partial charge in [0.2, 0.25) is 0 Å². The lowest BCUT2D eigenvalue weighted by atomic mass is 9.94. The Bertz CT molecular complexity index is 504. The van der Waals surface area contributed by atoms with Crippen LogP contribution >= 0.6 is 12.4 Å². The molecule has 2 heteroatoms. The molecule has 100 valence electrons. The van der Waals surface area contributed by atoms with Crippen molar-refractivity contribution in [2.24, 2.45) is 0 Å². The molecular formula is C17H20ClN. The van der Waals surface area contributed by atoms with Gasteiger partial charge in [0.25, 0.3) is 0 Å². The van der Waals surface area contributed by atoms with Crippen LogP contribution in [0, 0.1) is 0 Å². The zero-order valence-electron chi connectivity index (χ0n) is 11.0. The molecule has 0 saturated carbocycles. The average Bonchev–Trinajstić information content (AvgIpc) is 2.49. The highest BCUT2D eigenvalue weighted by atomic mass is 35.5. The Kier molecular flexibility index (Phi) is 5.00. The van der Waals surface area contributed by atoms with E-state index in [0.717, 1.165) is 6.54 Å². The van der Waals surface area contributed by atoms with Crippen molar-refractivity contribution < 1.29 is 0 Å². The molecule has 1 nitrogen and oxygen atoms in total. The minimum absolute atomic E-state index is 0. The molecule has 1 saturated heterocycles. The van der Waals surface area contributed by atoms with Crippen LogP contribution in [0.15, 0.2) is 54.6 Å². The normalized spacial score (nSPS) is 18.6. The predicted molar refractivity (Wildman–Crippen MR) is 83.7 cm³/mol. The standard InChI is InChI=1S/C17H19N.ClH/c1-2-7-14(8-3-1)15-9-6-10-16(13-15)17-11-4-5-12-18-17;/h1-3,6-10,13,17-18H,4-5,11-12H2;1H/t17-;/m1./s1. The Balaban J connectivity index is 0.00000133. The molecule has 1 atom stereocenters. The summed E-state index contributed by atoms with van der Waals surface area (Å²) in [4.78, 5) is 0. The van der Waals surface area contributed by atoms with E-state index >= 15 is 0 Å². The maximum atomic E-state index is 3.61. The van der Waals surface area contributed by atoms with Crippen molar-refractivity contribution in [2.45, 2.75) is 25.3 Å². The predicted octanol–water partition coefficient (Wildman–Crippen LogP) is 4.59. The van der Waals surface area contributed by atoms with E-state index in [1.54, 1.807) is 0 Å². The molecule has 0 aliphatic carbocycles. The molecule has 1 N–H and O–H groups in total. The third kappa shape index (κ3) is 3.37. The first kappa shape index (κ1) is 14.1. The first-order chi connectivity index (χ1) is 8.93. The smallest absolute Gasteiger partial charge is 0.0320 e. The lowest BCUT2D eigenvalue weighted by Crippen LogP contribution is -2.26. The summed E-state index contributed by atoms with van der Waals surface area (Å²) in [5.41, 5.74) is 4.05. The second-order valence-electron chi connectivity index (χ2n) is 4.99. The van der Waals surface area contributed by atoms with Gasteiger partial charge < -0.3 is 5.32 Å². The summed E-state index contributed by atoms with van der Waals surface area (Å²) in [7, 11) is 0. The van der Waals surface area contributed by atoms with Crippen LogP contribution < -0.4 is 5.32 Å². The fourth-order valence-electron chi connectivity index (χ4n) is 2.70. The van der Waals surface area contributed by atoms with Gasteiger partial charge in [-0.3, -0.25) is 0 Å². The third-order valence-corrected chi connectivity index (χ3v) is 3.71. The van der Waals surface area contributed by atoms with Crippen molar-refractivity contribution in [1.82, 2.24) is 5.32 Å². The van der Waals surface area contributed by atoms with Crippen LogP contribution in [0.2, 0.25) is 0 Å². The van der Waals surface area contributed by atoms with E-state index in [4.69, 9.17) is 0 Å². The summed E-state index contributed by atoms with van der Waals surface area (Å²) in [5, 5.41) is 3.61. The van der Waals surface area contributed by atoms with Crippen LogP contribution in [0.3, 0.4) is 0 Å².